The van der Waals surface area contributed by atoms with Gasteiger partial charge in [-0.2, -0.15) is 0 Å². The van der Waals surface area contributed by atoms with E-state index in [1.165, 1.54) is 0 Å². The van der Waals surface area contributed by atoms with E-state index in [4.69, 9.17) is 32.8 Å². The predicted molar refractivity (Wildman–Crippen MR) is 284 cm³/mol. The third-order valence-electron chi connectivity index (χ3n) is 10.3. The zero-order chi connectivity index (χ0) is 65.3. The van der Waals surface area contributed by atoms with Crippen LogP contribution < -0.4 is 102 Å². The van der Waals surface area contributed by atoms with E-state index in [0.29, 0.717) is 0 Å². The van der Waals surface area contributed by atoms with Crippen LogP contribution in [0.2, 0.25) is 0 Å². The average Bonchev–Trinajstić information content (AvgIpc) is 3.45. The number of hydrogen-bond acceptors (Lipinski definition) is 21. The zero-order valence-electron chi connectivity index (χ0n) is 45.8. The number of amides is 16. The minimum Gasteiger partial charge on any atom is -0.481 e. The van der Waals surface area contributed by atoms with Gasteiger partial charge in [-0.15, -0.1) is 0 Å². The molecule has 42 heteroatoms. The number of aliphatic carboxylic acids is 3. The van der Waals surface area contributed by atoms with Gasteiger partial charge in [0, 0.05) is 19.4 Å². The van der Waals surface area contributed by atoms with Crippen molar-refractivity contribution in [3.05, 3.63) is 0 Å². The lowest BCUT2D eigenvalue weighted by atomic mass is 10.1. The fourth-order valence-corrected chi connectivity index (χ4v) is 5.97. The third kappa shape index (κ3) is 39.5. The SMILES string of the molecule is N=C(N)NCCC[C@H](NC(=O)[C@H](CCC(=O)O)NC(=O)CNC(=O)CNC(=O)CNC(=O)[C@@H](N)CCC(=O)O)C(=O)NCC(=O)NCC(=O)NCC(=O)NCC(=O)N[C@@H](CC(N)=O)C(=O)NCC(=O)NCC(=O)NCC(=O)NCC(=O)NCC(=O)O. The number of carboxylic acids is 3. The van der Waals surface area contributed by atoms with Gasteiger partial charge in [0.05, 0.1) is 84.5 Å². The largest absolute Gasteiger partial charge is 0.481 e. The van der Waals surface area contributed by atoms with Crippen LogP contribution in [0, 0.1) is 5.41 Å². The number of carboxylic acid groups (broad SMARTS) is 3. The summed E-state index contributed by atoms with van der Waals surface area (Å²) < 4.78 is 0. The maximum Gasteiger partial charge on any atom is 0.322 e. The molecule has 0 aromatic rings. The smallest absolute Gasteiger partial charge is 0.322 e. The van der Waals surface area contributed by atoms with E-state index in [1.54, 1.807) is 0 Å². The van der Waals surface area contributed by atoms with E-state index >= 15 is 0 Å². The van der Waals surface area contributed by atoms with Crippen LogP contribution in [0.5, 0.6) is 0 Å². The molecule has 0 bridgehead atoms. The molecule has 42 nitrogen and oxygen atoms in total. The van der Waals surface area contributed by atoms with Crippen molar-refractivity contribution in [2.75, 3.05) is 85.1 Å². The molecule has 0 aliphatic heterocycles. The molecule has 0 saturated heterocycles. The van der Waals surface area contributed by atoms with Crippen molar-refractivity contribution < 1.29 is 106 Å². The van der Waals surface area contributed by atoms with Crippen LogP contribution in [-0.2, 0) is 91.1 Å². The standard InChI is InChI=1S/C44H70N20O22/c45-21(3-5-37(77)78)40(83)59-15-32(72)53-13-30(70)56-18-35(75)62-23(4-6-38(79)80)43(86)64-22(2-1-7-49-44(47)48)41(84)60-16-33(73)54-10-28(68)51-12-29(69)57-19-36(76)63-24(8-25(46)65)42(85)61-17-34(74)55-11-27(67)50-9-26(66)52-14-31(71)58-20-39(81)82/h21-24H,1-20,45H2,(H2,46,65)(H,50,67)(H,51,68)(H,52,66)(H,53,72)(H,54,73)(H,55,74)(H,56,70)(H,57,69)(H,58,71)(H,59,83)(H,60,84)(H,61,85)(H,62,75)(H,63,76)(H,64,86)(H,77,78)(H,79,80)(H,81,82)(H4,47,48,49)/t21-,22-,23-,24-/m0/s1. The highest BCUT2D eigenvalue weighted by molar-refractivity contribution is 5.98. The molecule has 16 amide bonds. The predicted octanol–water partition coefficient (Wildman–Crippen LogP) is -14.9. The molecule has 26 N–H and O–H groups in total. The summed E-state index contributed by atoms with van der Waals surface area (Å²) in [6.07, 6.45) is -2.77. The molecule has 0 aliphatic carbocycles. The van der Waals surface area contributed by atoms with Crippen molar-refractivity contribution in [3.63, 3.8) is 0 Å². The van der Waals surface area contributed by atoms with Gasteiger partial charge in [-0.1, -0.05) is 0 Å². The maximum absolute atomic E-state index is 13.4. The van der Waals surface area contributed by atoms with Crippen molar-refractivity contribution in [1.29, 1.82) is 5.41 Å². The first kappa shape index (κ1) is 75.2. The lowest BCUT2D eigenvalue weighted by Gasteiger charge is -2.23. The highest BCUT2D eigenvalue weighted by Gasteiger charge is 2.29. The quantitative estimate of drug-likeness (QED) is 0.0153. The molecule has 0 fully saturated rings. The third-order valence-corrected chi connectivity index (χ3v) is 10.3. The number of guanidine groups is 1. The summed E-state index contributed by atoms with van der Waals surface area (Å²) in [5.41, 5.74) is 16.0. The Kier molecular flexibility index (Phi) is 36.7. The lowest BCUT2D eigenvalue weighted by Crippen LogP contribution is -2.55. The van der Waals surface area contributed by atoms with Crippen LogP contribution in [-0.4, -0.2) is 243 Å². The fourth-order valence-electron chi connectivity index (χ4n) is 5.97. The molecule has 4 atom stereocenters. The van der Waals surface area contributed by atoms with Gasteiger partial charge in [0.15, 0.2) is 5.96 Å². The number of primary amides is 1. The first-order chi connectivity index (χ1) is 40.4. The van der Waals surface area contributed by atoms with Gasteiger partial charge in [-0.25, -0.2) is 0 Å². The van der Waals surface area contributed by atoms with Crippen LogP contribution in [0.1, 0.15) is 44.9 Å². The summed E-state index contributed by atoms with van der Waals surface area (Å²) in [5, 5.41) is 68.3. The average molecular weight is 1230 g/mol. The molecular weight excluding hydrogens is 1160 g/mol. The Morgan fingerprint density at radius 2 is 0.628 bits per heavy atom. The normalized spacial score (nSPS) is 11.6. The molecule has 0 radical (unpaired) electrons. The lowest BCUT2D eigenvalue weighted by molar-refractivity contribution is -0.139. The fraction of sp³-hybridized carbons (Fsp3) is 0.545. The summed E-state index contributed by atoms with van der Waals surface area (Å²) in [4.78, 5) is 230. The van der Waals surface area contributed by atoms with Crippen molar-refractivity contribution in [2.24, 2.45) is 17.2 Å². The Labute approximate surface area is 485 Å². The Morgan fingerprint density at radius 1 is 0.326 bits per heavy atom. The van der Waals surface area contributed by atoms with E-state index in [-0.39, 0.29) is 25.8 Å². The second-order valence-corrected chi connectivity index (χ2v) is 17.5. The number of hydrogen-bond donors (Lipinski definition) is 23. The molecule has 0 aliphatic rings. The van der Waals surface area contributed by atoms with E-state index in [2.05, 4.69) is 79.8 Å². The van der Waals surface area contributed by atoms with Crippen molar-refractivity contribution in [2.45, 2.75) is 69.1 Å². The van der Waals surface area contributed by atoms with Crippen molar-refractivity contribution in [3.8, 4) is 0 Å². The van der Waals surface area contributed by atoms with Crippen LogP contribution >= 0.6 is 0 Å². The molecule has 0 aromatic carbocycles. The van der Waals surface area contributed by atoms with Crippen molar-refractivity contribution >= 4 is 118 Å². The van der Waals surface area contributed by atoms with Gasteiger partial charge in [0.1, 0.15) is 24.7 Å². The van der Waals surface area contributed by atoms with E-state index in [1.807, 2.05) is 5.32 Å². The molecule has 0 saturated carbocycles. The number of carbonyl (C=O) groups excluding carboxylic acids is 16. The number of carbonyl (C=O) groups is 19. The first-order valence-electron chi connectivity index (χ1n) is 25.3. The number of nitrogens with two attached hydrogens (primary N) is 3. The van der Waals surface area contributed by atoms with E-state index in [0.717, 1.165) is 0 Å². The van der Waals surface area contributed by atoms with Gasteiger partial charge >= 0.3 is 17.9 Å². The van der Waals surface area contributed by atoms with Crippen LogP contribution in [0.15, 0.2) is 0 Å². The topological polar surface area (TPSA) is 679 Å². The molecule has 0 heterocycles. The molecule has 478 valence electrons. The Morgan fingerprint density at radius 3 is 0.977 bits per heavy atom. The maximum atomic E-state index is 13.4. The van der Waals surface area contributed by atoms with Crippen molar-refractivity contribution in [1.82, 2.24) is 85.1 Å². The molecular formula is C44H70N20O22. The van der Waals surface area contributed by atoms with Gasteiger partial charge in [-0.3, -0.25) is 96.5 Å². The van der Waals surface area contributed by atoms with E-state index < -0.39 is 247 Å². The number of rotatable bonds is 43. The van der Waals surface area contributed by atoms with Crippen LogP contribution in [0.3, 0.4) is 0 Å². The first-order valence-corrected chi connectivity index (χ1v) is 25.3. The monoisotopic (exact) mass is 1230 g/mol. The van der Waals surface area contributed by atoms with E-state index in [9.17, 15) is 96.2 Å². The summed E-state index contributed by atoms with van der Waals surface area (Å²) in [5.74, 6) is -19.8. The Bertz CT molecular complexity index is 2530. The van der Waals surface area contributed by atoms with Gasteiger partial charge in [0.2, 0.25) is 94.5 Å². The minimum absolute atomic E-state index is 0.00216. The minimum atomic E-state index is -1.68. The summed E-state index contributed by atoms with van der Waals surface area (Å²) in [6, 6.07) is -6.03. The molecule has 0 spiro atoms. The van der Waals surface area contributed by atoms with Gasteiger partial charge in [0.25, 0.3) is 0 Å². The second kappa shape index (κ2) is 42.0. The van der Waals surface area contributed by atoms with Crippen LogP contribution in [0.4, 0.5) is 0 Å². The highest BCUT2D eigenvalue weighted by Crippen LogP contribution is 2.04. The summed E-state index contributed by atoms with van der Waals surface area (Å²) in [7, 11) is 0. The molecule has 0 rings (SSSR count). The Hall–Kier alpha value is -10.8. The van der Waals surface area contributed by atoms with Gasteiger partial charge < -0.3 is 118 Å². The molecule has 86 heavy (non-hydrogen) atoms. The van der Waals surface area contributed by atoms with Crippen LogP contribution in [0.25, 0.3) is 0 Å². The summed E-state index contributed by atoms with van der Waals surface area (Å²) >= 11 is 0. The summed E-state index contributed by atoms with van der Waals surface area (Å²) in [6.45, 7) is -8.74. The second-order valence-electron chi connectivity index (χ2n) is 17.5. The zero-order valence-corrected chi connectivity index (χ0v) is 45.8. The van der Waals surface area contributed by atoms with Gasteiger partial charge in [-0.05, 0) is 25.7 Å². The highest BCUT2D eigenvalue weighted by atomic mass is 16.4. The molecule has 0 aromatic heterocycles. The number of nitrogens with one attached hydrogen (secondary N) is 17. The Balaban J connectivity index is 5.13. The molecule has 0 unspecified atom stereocenters.